The van der Waals surface area contributed by atoms with Crippen molar-refractivity contribution < 1.29 is 0 Å². The minimum Gasteiger partial charge on any atom is -0.347 e. The van der Waals surface area contributed by atoms with Gasteiger partial charge in [-0.05, 0) is 30.7 Å². The van der Waals surface area contributed by atoms with Crippen molar-refractivity contribution >= 4 is 38.6 Å². The second-order valence-corrected chi connectivity index (χ2v) is 7.48. The van der Waals surface area contributed by atoms with Crippen LogP contribution in [-0.4, -0.2) is 33.3 Å². The number of benzene rings is 2. The Morgan fingerprint density at radius 3 is 2.50 bits per heavy atom. The van der Waals surface area contributed by atoms with Gasteiger partial charge in [-0.15, -0.1) is 10.2 Å². The quantitative estimate of drug-likeness (QED) is 0.519. The Bertz CT molecular complexity index is 1170. The molecule has 0 N–H and O–H groups in total. The summed E-state index contributed by atoms with van der Waals surface area (Å²) in [4.78, 5) is 15.1. The van der Waals surface area contributed by atoms with Crippen molar-refractivity contribution in [3.05, 3.63) is 68.4 Å². The van der Waals surface area contributed by atoms with Gasteiger partial charge in [0.1, 0.15) is 0 Å². The molecule has 0 fully saturated rings. The number of hydrogen-bond acceptors (Lipinski definition) is 4. The van der Waals surface area contributed by atoms with E-state index < -0.39 is 0 Å². The van der Waals surface area contributed by atoms with E-state index in [4.69, 9.17) is 0 Å². The molecule has 0 spiro atoms. The summed E-state index contributed by atoms with van der Waals surface area (Å²) in [5, 5.41) is 9.23. The van der Waals surface area contributed by atoms with Gasteiger partial charge in [0.15, 0.2) is 0 Å². The van der Waals surface area contributed by atoms with Crippen molar-refractivity contribution in [3.63, 3.8) is 0 Å². The van der Waals surface area contributed by atoms with E-state index in [1.165, 1.54) is 5.56 Å². The Morgan fingerprint density at radius 2 is 1.81 bits per heavy atom. The molecule has 2 aromatic heterocycles. The molecular formula is C19H18BrN5O. The summed E-state index contributed by atoms with van der Waals surface area (Å²) in [6.45, 7) is 2.49. The van der Waals surface area contributed by atoms with E-state index >= 15 is 0 Å². The van der Waals surface area contributed by atoms with E-state index in [-0.39, 0.29) is 5.56 Å². The summed E-state index contributed by atoms with van der Waals surface area (Å²) in [5.41, 5.74) is 2.95. The monoisotopic (exact) mass is 411 g/mol. The minimum atomic E-state index is -0.0768. The fourth-order valence-electron chi connectivity index (χ4n) is 3.08. The molecule has 26 heavy (non-hydrogen) atoms. The standard InChI is InChI=1S/C19H18BrN5O/c1-12-4-6-13(7-5-12)11-24-17(26)15-10-14(20)8-9-16(15)25-18(23(2)3)21-22-19(24)25/h4-10H,11H2,1-3H3. The van der Waals surface area contributed by atoms with Crippen molar-refractivity contribution in [2.45, 2.75) is 13.5 Å². The third-order valence-corrected chi connectivity index (χ3v) is 4.90. The highest BCUT2D eigenvalue weighted by molar-refractivity contribution is 9.10. The Labute approximate surface area is 158 Å². The zero-order valence-corrected chi connectivity index (χ0v) is 16.4. The van der Waals surface area contributed by atoms with Gasteiger partial charge in [0.25, 0.3) is 5.56 Å². The predicted molar refractivity (Wildman–Crippen MR) is 107 cm³/mol. The highest BCUT2D eigenvalue weighted by Gasteiger charge is 2.18. The zero-order valence-electron chi connectivity index (χ0n) is 14.8. The van der Waals surface area contributed by atoms with Crippen LogP contribution in [0.15, 0.2) is 51.7 Å². The Hall–Kier alpha value is -2.67. The topological polar surface area (TPSA) is 55.4 Å². The Kier molecular flexibility index (Phi) is 4.03. The molecule has 0 radical (unpaired) electrons. The van der Waals surface area contributed by atoms with Crippen molar-refractivity contribution in [1.29, 1.82) is 0 Å². The van der Waals surface area contributed by atoms with Gasteiger partial charge in [-0.1, -0.05) is 45.8 Å². The van der Waals surface area contributed by atoms with Gasteiger partial charge in [0.2, 0.25) is 11.7 Å². The molecule has 7 heteroatoms. The number of hydrogen-bond donors (Lipinski definition) is 0. The number of rotatable bonds is 3. The maximum atomic E-state index is 13.2. The van der Waals surface area contributed by atoms with Crippen LogP contribution in [0.25, 0.3) is 16.7 Å². The normalized spacial score (nSPS) is 11.4. The van der Waals surface area contributed by atoms with E-state index in [1.54, 1.807) is 4.57 Å². The van der Waals surface area contributed by atoms with Gasteiger partial charge < -0.3 is 4.90 Å². The summed E-state index contributed by atoms with van der Waals surface area (Å²) in [6.07, 6.45) is 0. The smallest absolute Gasteiger partial charge is 0.263 e. The van der Waals surface area contributed by atoms with Crippen molar-refractivity contribution in [2.75, 3.05) is 19.0 Å². The van der Waals surface area contributed by atoms with Gasteiger partial charge >= 0.3 is 0 Å². The van der Waals surface area contributed by atoms with Crippen LogP contribution in [0.4, 0.5) is 5.95 Å². The number of fused-ring (bicyclic) bond motifs is 3. The van der Waals surface area contributed by atoms with Gasteiger partial charge in [-0.2, -0.15) is 0 Å². The molecule has 0 aliphatic carbocycles. The van der Waals surface area contributed by atoms with Crippen LogP contribution < -0.4 is 10.5 Å². The molecule has 4 aromatic rings. The summed E-state index contributed by atoms with van der Waals surface area (Å²) >= 11 is 3.47. The summed E-state index contributed by atoms with van der Waals surface area (Å²) in [7, 11) is 3.83. The maximum absolute atomic E-state index is 13.2. The molecule has 0 saturated heterocycles. The van der Waals surface area contributed by atoms with Crippen molar-refractivity contribution in [1.82, 2.24) is 19.2 Å². The van der Waals surface area contributed by atoms with Crippen LogP contribution >= 0.6 is 15.9 Å². The lowest BCUT2D eigenvalue weighted by Gasteiger charge is -2.14. The van der Waals surface area contributed by atoms with Gasteiger partial charge in [-0.3, -0.25) is 9.36 Å². The van der Waals surface area contributed by atoms with Crippen LogP contribution in [0.5, 0.6) is 0 Å². The van der Waals surface area contributed by atoms with E-state index in [2.05, 4.69) is 26.1 Å². The lowest BCUT2D eigenvalue weighted by molar-refractivity contribution is 0.766. The molecule has 0 bridgehead atoms. The van der Waals surface area contributed by atoms with Crippen molar-refractivity contribution in [3.8, 4) is 0 Å². The highest BCUT2D eigenvalue weighted by Crippen LogP contribution is 2.22. The molecule has 0 amide bonds. The predicted octanol–water partition coefficient (Wildman–Crippen LogP) is 3.23. The first kappa shape index (κ1) is 16.8. The minimum absolute atomic E-state index is 0.0768. The number of anilines is 1. The van der Waals surface area contributed by atoms with E-state index in [1.807, 2.05) is 72.8 Å². The molecule has 132 valence electrons. The Balaban J connectivity index is 2.05. The average Bonchev–Trinajstić information content (AvgIpc) is 3.05. The van der Waals surface area contributed by atoms with Crippen LogP contribution in [0.3, 0.4) is 0 Å². The summed E-state index contributed by atoms with van der Waals surface area (Å²) < 4.78 is 4.47. The molecule has 0 aliphatic heterocycles. The first-order valence-corrected chi connectivity index (χ1v) is 9.05. The third-order valence-electron chi connectivity index (χ3n) is 4.41. The average molecular weight is 412 g/mol. The molecule has 4 rings (SSSR count). The molecule has 2 aromatic carbocycles. The van der Waals surface area contributed by atoms with Crippen molar-refractivity contribution in [2.24, 2.45) is 0 Å². The van der Waals surface area contributed by atoms with Gasteiger partial charge in [0.05, 0.1) is 17.4 Å². The number of aromatic nitrogens is 4. The van der Waals surface area contributed by atoms with Crippen LogP contribution in [0, 0.1) is 6.92 Å². The van der Waals surface area contributed by atoms with Crippen LogP contribution in [0.1, 0.15) is 11.1 Å². The molecule has 6 nitrogen and oxygen atoms in total. The van der Waals surface area contributed by atoms with Gasteiger partial charge in [0, 0.05) is 18.6 Å². The van der Waals surface area contributed by atoms with Crippen LogP contribution in [0.2, 0.25) is 0 Å². The molecule has 0 atom stereocenters. The second kappa shape index (κ2) is 6.25. The fraction of sp³-hybridized carbons (Fsp3) is 0.211. The van der Waals surface area contributed by atoms with Crippen LogP contribution in [-0.2, 0) is 6.54 Å². The maximum Gasteiger partial charge on any atom is 0.263 e. The molecule has 0 aliphatic rings. The van der Waals surface area contributed by atoms with E-state index in [9.17, 15) is 4.79 Å². The third kappa shape index (κ3) is 2.68. The number of halogens is 1. The number of nitrogens with zero attached hydrogens (tertiary/aromatic N) is 5. The van der Waals surface area contributed by atoms with E-state index in [0.29, 0.717) is 23.7 Å². The SMILES string of the molecule is Cc1ccc(Cn2c(=O)c3cc(Br)ccc3n3c(N(C)C)nnc23)cc1. The lowest BCUT2D eigenvalue weighted by Crippen LogP contribution is -2.24. The molecular weight excluding hydrogens is 394 g/mol. The van der Waals surface area contributed by atoms with Gasteiger partial charge in [-0.25, -0.2) is 4.40 Å². The summed E-state index contributed by atoms with van der Waals surface area (Å²) in [5.74, 6) is 1.22. The largest absolute Gasteiger partial charge is 0.347 e. The number of aryl methyl sites for hydroxylation is 1. The van der Waals surface area contributed by atoms with E-state index in [0.717, 1.165) is 15.6 Å². The first-order chi connectivity index (χ1) is 12.5. The first-order valence-electron chi connectivity index (χ1n) is 8.26. The molecule has 0 saturated carbocycles. The fourth-order valence-corrected chi connectivity index (χ4v) is 3.44. The summed E-state index contributed by atoms with van der Waals surface area (Å²) in [6, 6.07) is 13.8. The zero-order chi connectivity index (χ0) is 18.4. The molecule has 2 heterocycles. The Morgan fingerprint density at radius 1 is 1.08 bits per heavy atom. The molecule has 0 unspecified atom stereocenters. The highest BCUT2D eigenvalue weighted by atomic mass is 79.9. The lowest BCUT2D eigenvalue weighted by atomic mass is 10.1. The second-order valence-electron chi connectivity index (χ2n) is 6.57.